The Hall–Kier alpha value is -3.99. The molecular weight excluding hydrogens is 491 g/mol. The molecule has 10 nitrogen and oxygen atoms in total. The van der Waals surface area contributed by atoms with E-state index in [0.717, 1.165) is 5.56 Å². The fourth-order valence-corrected chi connectivity index (χ4v) is 3.92. The van der Waals surface area contributed by atoms with E-state index in [0.29, 0.717) is 22.6 Å². The second kappa shape index (κ2) is 12.6. The van der Waals surface area contributed by atoms with Gasteiger partial charge in [-0.05, 0) is 49.1 Å². The van der Waals surface area contributed by atoms with E-state index in [1.54, 1.807) is 37.3 Å². The van der Waals surface area contributed by atoms with Gasteiger partial charge in [0.1, 0.15) is 11.7 Å². The van der Waals surface area contributed by atoms with Crippen molar-refractivity contribution < 1.29 is 23.9 Å². The molecule has 2 aromatic carbocycles. The van der Waals surface area contributed by atoms with E-state index in [-0.39, 0.29) is 31.0 Å². The molecule has 36 heavy (non-hydrogen) atoms. The largest absolute Gasteiger partial charge is 0.466 e. The molecule has 0 aliphatic rings. The van der Waals surface area contributed by atoms with E-state index in [1.165, 1.54) is 18.3 Å². The molecule has 0 saturated carbocycles. The molecule has 0 aliphatic carbocycles. The summed E-state index contributed by atoms with van der Waals surface area (Å²) in [6, 6.07) is 10.9. The SMILES string of the molecule is CCOC(=O)C(CC(N)=NO)CC(Cc1ccc(-c2cc(Cl)ccc2F)cc1)NC(=O)c1cn[nH]n1. The van der Waals surface area contributed by atoms with E-state index in [9.17, 15) is 14.0 Å². The number of carbonyl (C=O) groups excluding carboxylic acids is 2. The van der Waals surface area contributed by atoms with Crippen molar-refractivity contribution in [3.63, 3.8) is 0 Å². The lowest BCUT2D eigenvalue weighted by Gasteiger charge is -2.23. The highest BCUT2D eigenvalue weighted by Crippen LogP contribution is 2.27. The number of hydrogen-bond acceptors (Lipinski definition) is 7. The summed E-state index contributed by atoms with van der Waals surface area (Å²) in [6.07, 6.45) is 1.69. The highest BCUT2D eigenvalue weighted by atomic mass is 35.5. The molecular formula is C24H26ClFN6O4. The van der Waals surface area contributed by atoms with Crippen LogP contribution in [0.25, 0.3) is 11.1 Å². The van der Waals surface area contributed by atoms with E-state index >= 15 is 0 Å². The summed E-state index contributed by atoms with van der Waals surface area (Å²) in [6.45, 7) is 1.83. The summed E-state index contributed by atoms with van der Waals surface area (Å²) < 4.78 is 19.4. The number of amides is 1. The van der Waals surface area contributed by atoms with Crippen LogP contribution < -0.4 is 11.1 Å². The van der Waals surface area contributed by atoms with Crippen LogP contribution in [0.1, 0.15) is 35.8 Å². The fraction of sp³-hybridized carbons (Fsp3) is 0.292. The van der Waals surface area contributed by atoms with Crippen molar-refractivity contribution in [2.24, 2.45) is 16.8 Å². The van der Waals surface area contributed by atoms with Gasteiger partial charge >= 0.3 is 5.97 Å². The van der Waals surface area contributed by atoms with Gasteiger partial charge < -0.3 is 21.0 Å². The summed E-state index contributed by atoms with van der Waals surface area (Å²) in [5, 5.41) is 25.0. The highest BCUT2D eigenvalue weighted by molar-refractivity contribution is 6.30. The monoisotopic (exact) mass is 516 g/mol. The molecule has 3 rings (SSSR count). The van der Waals surface area contributed by atoms with Gasteiger partial charge in [0.15, 0.2) is 5.69 Å². The third-order valence-corrected chi connectivity index (χ3v) is 5.67. The number of aromatic nitrogens is 3. The van der Waals surface area contributed by atoms with E-state index in [1.807, 2.05) is 0 Å². The van der Waals surface area contributed by atoms with Crippen LogP contribution in [-0.2, 0) is 16.0 Å². The first-order valence-electron chi connectivity index (χ1n) is 11.1. The van der Waals surface area contributed by atoms with Crippen LogP contribution >= 0.6 is 11.6 Å². The molecule has 0 bridgehead atoms. The Bertz CT molecular complexity index is 1200. The minimum atomic E-state index is -0.775. The zero-order chi connectivity index (χ0) is 26.1. The molecule has 190 valence electrons. The summed E-state index contributed by atoms with van der Waals surface area (Å²) in [5.41, 5.74) is 7.55. The van der Waals surface area contributed by atoms with Gasteiger partial charge in [0.25, 0.3) is 5.91 Å². The van der Waals surface area contributed by atoms with Crippen molar-refractivity contribution >= 4 is 29.3 Å². The number of nitrogens with zero attached hydrogens (tertiary/aromatic N) is 3. The lowest BCUT2D eigenvalue weighted by atomic mass is 9.91. The van der Waals surface area contributed by atoms with E-state index in [4.69, 9.17) is 27.3 Å². The molecule has 0 spiro atoms. The number of nitrogens with one attached hydrogen (secondary N) is 2. The number of nitrogens with two attached hydrogens (primary N) is 1. The lowest BCUT2D eigenvalue weighted by molar-refractivity contribution is -0.148. The normalized spacial score (nSPS) is 13.1. The Kier molecular flexibility index (Phi) is 9.34. The lowest BCUT2D eigenvalue weighted by Crippen LogP contribution is -2.40. The molecule has 1 heterocycles. The zero-order valence-corrected chi connectivity index (χ0v) is 20.2. The Balaban J connectivity index is 1.83. The smallest absolute Gasteiger partial charge is 0.309 e. The van der Waals surface area contributed by atoms with E-state index in [2.05, 4.69) is 25.9 Å². The van der Waals surface area contributed by atoms with Gasteiger partial charge in [0.05, 0.1) is 18.7 Å². The van der Waals surface area contributed by atoms with Gasteiger partial charge in [0.2, 0.25) is 0 Å². The molecule has 2 unspecified atom stereocenters. The molecule has 0 aliphatic heterocycles. The molecule has 1 amide bonds. The maximum atomic E-state index is 14.3. The van der Waals surface area contributed by atoms with Gasteiger partial charge in [-0.2, -0.15) is 15.4 Å². The van der Waals surface area contributed by atoms with Crippen molar-refractivity contribution in [1.82, 2.24) is 20.7 Å². The Morgan fingerprint density at radius 3 is 2.67 bits per heavy atom. The van der Waals surface area contributed by atoms with Gasteiger partial charge in [-0.15, -0.1) is 0 Å². The zero-order valence-electron chi connectivity index (χ0n) is 19.4. The standard InChI is InChI=1S/C24H26ClFN6O4/c1-2-36-24(34)16(11-22(27)31-35)10-18(29-23(33)21-13-28-32-30-21)9-14-3-5-15(6-4-14)19-12-17(25)7-8-20(19)26/h3-8,12-13,16,18,35H,2,9-11H2,1H3,(H2,27,31)(H,29,33)(H,28,30,32). The fourth-order valence-electron chi connectivity index (χ4n) is 3.75. The average Bonchev–Trinajstić information content (AvgIpc) is 3.41. The number of amidine groups is 1. The van der Waals surface area contributed by atoms with Crippen molar-refractivity contribution in [2.75, 3.05) is 6.61 Å². The predicted octanol–water partition coefficient (Wildman–Crippen LogP) is 3.31. The van der Waals surface area contributed by atoms with Crippen LogP contribution in [0.15, 0.2) is 53.8 Å². The van der Waals surface area contributed by atoms with E-state index < -0.39 is 29.7 Å². The second-order valence-electron chi connectivity index (χ2n) is 8.03. The first-order chi connectivity index (χ1) is 17.3. The number of H-pyrrole nitrogens is 1. The number of benzene rings is 2. The minimum absolute atomic E-state index is 0.0569. The van der Waals surface area contributed by atoms with Crippen LogP contribution in [0, 0.1) is 11.7 Å². The molecule has 0 saturated heterocycles. The third-order valence-electron chi connectivity index (χ3n) is 5.43. The predicted molar refractivity (Wildman–Crippen MR) is 131 cm³/mol. The molecule has 0 radical (unpaired) electrons. The minimum Gasteiger partial charge on any atom is -0.466 e. The number of ether oxygens (including phenoxy) is 1. The molecule has 1 aromatic heterocycles. The maximum absolute atomic E-state index is 14.3. The van der Waals surface area contributed by atoms with Crippen LogP contribution in [0.2, 0.25) is 5.02 Å². The van der Waals surface area contributed by atoms with Gasteiger partial charge in [0, 0.05) is 23.0 Å². The summed E-state index contributed by atoms with van der Waals surface area (Å²) in [7, 11) is 0. The van der Waals surface area contributed by atoms with Crippen molar-refractivity contribution in [2.45, 2.75) is 32.2 Å². The van der Waals surface area contributed by atoms with Gasteiger partial charge in [-0.1, -0.05) is 41.0 Å². The average molecular weight is 517 g/mol. The first-order valence-corrected chi connectivity index (χ1v) is 11.5. The van der Waals surface area contributed by atoms with Gasteiger partial charge in [-0.25, -0.2) is 4.39 Å². The van der Waals surface area contributed by atoms with Crippen LogP contribution in [0.4, 0.5) is 4.39 Å². The second-order valence-corrected chi connectivity index (χ2v) is 8.47. The van der Waals surface area contributed by atoms with Crippen LogP contribution in [0.3, 0.4) is 0 Å². The Morgan fingerprint density at radius 1 is 1.28 bits per heavy atom. The molecule has 12 heteroatoms. The number of halogens is 2. The number of esters is 1. The topological polar surface area (TPSA) is 156 Å². The quantitative estimate of drug-likeness (QED) is 0.100. The Morgan fingerprint density at radius 2 is 2.03 bits per heavy atom. The molecule has 3 aromatic rings. The number of hydrogen-bond donors (Lipinski definition) is 4. The number of aromatic amines is 1. The maximum Gasteiger partial charge on any atom is 0.309 e. The van der Waals surface area contributed by atoms with Crippen molar-refractivity contribution in [3.8, 4) is 11.1 Å². The summed E-state index contributed by atoms with van der Waals surface area (Å²) in [4.78, 5) is 25.2. The van der Waals surface area contributed by atoms with Crippen molar-refractivity contribution in [3.05, 3.63) is 70.8 Å². The summed E-state index contributed by atoms with van der Waals surface area (Å²) in [5.74, 6) is -2.33. The molecule has 2 atom stereocenters. The Labute approximate surface area is 211 Å². The van der Waals surface area contributed by atoms with Crippen LogP contribution in [-0.4, -0.2) is 51.0 Å². The van der Waals surface area contributed by atoms with Crippen molar-refractivity contribution in [1.29, 1.82) is 0 Å². The molecule has 5 N–H and O–H groups in total. The number of carbonyl (C=O) groups is 2. The van der Waals surface area contributed by atoms with Gasteiger partial charge in [-0.3, -0.25) is 9.59 Å². The van der Waals surface area contributed by atoms with Crippen LogP contribution in [0.5, 0.6) is 0 Å². The third kappa shape index (κ3) is 7.25. The first kappa shape index (κ1) is 26.6. The highest BCUT2D eigenvalue weighted by Gasteiger charge is 2.27. The number of rotatable bonds is 11. The molecule has 0 fully saturated rings. The number of oxime groups is 1. The summed E-state index contributed by atoms with van der Waals surface area (Å²) >= 11 is 6.01.